The molecule has 0 aliphatic carbocycles. The molecular formula is C22H25N5O2S. The van der Waals surface area contributed by atoms with Crippen LogP contribution in [0.1, 0.15) is 23.9 Å². The van der Waals surface area contributed by atoms with Gasteiger partial charge < -0.3 is 15.2 Å². The molecule has 2 aromatic carbocycles. The largest absolute Gasteiger partial charge is 0.325 e. The minimum Gasteiger partial charge on any atom is -0.325 e. The zero-order valence-corrected chi connectivity index (χ0v) is 18.1. The molecule has 30 heavy (non-hydrogen) atoms. The van der Waals surface area contributed by atoms with Crippen LogP contribution in [-0.4, -0.2) is 32.3 Å². The molecule has 0 radical (unpaired) electrons. The van der Waals surface area contributed by atoms with Crippen molar-refractivity contribution < 1.29 is 9.59 Å². The average molecular weight is 424 g/mol. The van der Waals surface area contributed by atoms with Crippen molar-refractivity contribution in [3.05, 3.63) is 65.5 Å². The standard InChI is InChI=1S/C22H25N5O2S/c1-4-27-19(13-20(28)24-18-11-10-15(2)12-16(18)3)25-26-22(27)30-14-21(29)23-17-8-6-5-7-9-17/h5-12H,4,13-14H2,1-3H3,(H,23,29)(H,24,28). The number of nitrogens with zero attached hydrogens (tertiary/aromatic N) is 3. The van der Waals surface area contributed by atoms with Gasteiger partial charge in [0.05, 0.1) is 12.2 Å². The molecule has 0 atom stereocenters. The fourth-order valence-corrected chi connectivity index (χ4v) is 3.84. The maximum atomic E-state index is 12.5. The summed E-state index contributed by atoms with van der Waals surface area (Å²) in [4.78, 5) is 24.7. The van der Waals surface area contributed by atoms with Gasteiger partial charge in [0, 0.05) is 17.9 Å². The third kappa shape index (κ3) is 5.70. The van der Waals surface area contributed by atoms with Crippen LogP contribution in [0.4, 0.5) is 11.4 Å². The molecule has 2 amide bonds. The lowest BCUT2D eigenvalue weighted by Gasteiger charge is -2.10. The number of carbonyl (C=O) groups excluding carboxylic acids is 2. The minimum absolute atomic E-state index is 0.116. The summed E-state index contributed by atoms with van der Waals surface area (Å²) in [6.07, 6.45) is 0.116. The molecular weight excluding hydrogens is 398 g/mol. The van der Waals surface area contributed by atoms with E-state index in [9.17, 15) is 9.59 Å². The molecule has 0 saturated heterocycles. The van der Waals surface area contributed by atoms with Crippen molar-refractivity contribution in [3.63, 3.8) is 0 Å². The van der Waals surface area contributed by atoms with Gasteiger partial charge in [0.2, 0.25) is 11.8 Å². The molecule has 156 valence electrons. The summed E-state index contributed by atoms with van der Waals surface area (Å²) in [5, 5.41) is 14.7. The number of aryl methyl sites for hydroxylation is 2. The molecule has 0 bridgehead atoms. The van der Waals surface area contributed by atoms with Gasteiger partial charge in [-0.25, -0.2) is 0 Å². The molecule has 1 aromatic heterocycles. The Kier molecular flexibility index (Phi) is 7.24. The number of carbonyl (C=O) groups is 2. The van der Waals surface area contributed by atoms with Crippen molar-refractivity contribution in [2.24, 2.45) is 0 Å². The Hall–Kier alpha value is -3.13. The highest BCUT2D eigenvalue weighted by molar-refractivity contribution is 7.99. The third-order valence-electron chi connectivity index (χ3n) is 4.47. The second kappa shape index (κ2) is 10.1. The quantitative estimate of drug-likeness (QED) is 0.538. The summed E-state index contributed by atoms with van der Waals surface area (Å²) >= 11 is 1.30. The van der Waals surface area contributed by atoms with Crippen LogP contribution in [0, 0.1) is 13.8 Å². The average Bonchev–Trinajstić information content (AvgIpc) is 3.10. The molecule has 0 aliphatic rings. The second-order valence-corrected chi connectivity index (χ2v) is 7.83. The maximum absolute atomic E-state index is 12.5. The number of amides is 2. The van der Waals surface area contributed by atoms with Crippen molar-refractivity contribution in [2.45, 2.75) is 38.9 Å². The normalized spacial score (nSPS) is 10.6. The van der Waals surface area contributed by atoms with Crippen molar-refractivity contribution in [1.82, 2.24) is 14.8 Å². The van der Waals surface area contributed by atoms with E-state index in [-0.39, 0.29) is 24.0 Å². The predicted octanol–water partition coefficient (Wildman–Crippen LogP) is 3.83. The summed E-state index contributed by atoms with van der Waals surface area (Å²) in [5.41, 5.74) is 3.71. The van der Waals surface area contributed by atoms with Gasteiger partial charge in [-0.1, -0.05) is 47.7 Å². The number of hydrogen-bond acceptors (Lipinski definition) is 5. The molecule has 0 unspecified atom stereocenters. The number of rotatable bonds is 8. The third-order valence-corrected chi connectivity index (χ3v) is 5.44. The number of para-hydroxylation sites is 1. The Morgan fingerprint density at radius 3 is 2.47 bits per heavy atom. The summed E-state index contributed by atoms with van der Waals surface area (Å²) in [6, 6.07) is 15.2. The minimum atomic E-state index is -0.151. The first-order chi connectivity index (χ1) is 14.5. The van der Waals surface area contributed by atoms with Crippen LogP contribution in [0.3, 0.4) is 0 Å². The van der Waals surface area contributed by atoms with E-state index in [0.717, 1.165) is 22.5 Å². The zero-order valence-electron chi connectivity index (χ0n) is 17.3. The zero-order chi connectivity index (χ0) is 21.5. The van der Waals surface area contributed by atoms with Gasteiger partial charge in [-0.05, 0) is 44.5 Å². The molecule has 0 spiro atoms. The summed E-state index contributed by atoms with van der Waals surface area (Å²) in [6.45, 7) is 6.55. The van der Waals surface area contributed by atoms with Gasteiger partial charge in [0.25, 0.3) is 0 Å². The van der Waals surface area contributed by atoms with E-state index < -0.39 is 0 Å². The Morgan fingerprint density at radius 1 is 1.00 bits per heavy atom. The van der Waals surface area contributed by atoms with E-state index >= 15 is 0 Å². The molecule has 8 heteroatoms. The van der Waals surface area contributed by atoms with Gasteiger partial charge >= 0.3 is 0 Å². The number of benzene rings is 2. The lowest BCUT2D eigenvalue weighted by molar-refractivity contribution is -0.116. The highest BCUT2D eigenvalue weighted by Gasteiger charge is 2.16. The van der Waals surface area contributed by atoms with Crippen molar-refractivity contribution >= 4 is 35.0 Å². The van der Waals surface area contributed by atoms with E-state index in [1.807, 2.05) is 73.9 Å². The van der Waals surface area contributed by atoms with Crippen molar-refractivity contribution in [3.8, 4) is 0 Å². The van der Waals surface area contributed by atoms with E-state index in [0.29, 0.717) is 17.5 Å². The van der Waals surface area contributed by atoms with Crippen LogP contribution < -0.4 is 10.6 Å². The molecule has 3 aromatic rings. The van der Waals surface area contributed by atoms with Crippen LogP contribution in [0.25, 0.3) is 0 Å². The SMILES string of the molecule is CCn1c(CC(=O)Nc2ccc(C)cc2C)nnc1SCC(=O)Nc1ccccc1. The van der Waals surface area contributed by atoms with Gasteiger partial charge in [0.15, 0.2) is 5.16 Å². The van der Waals surface area contributed by atoms with Crippen LogP contribution in [0.2, 0.25) is 0 Å². The molecule has 0 fully saturated rings. The molecule has 7 nitrogen and oxygen atoms in total. The van der Waals surface area contributed by atoms with Gasteiger partial charge in [0.1, 0.15) is 5.82 Å². The molecule has 0 aliphatic heterocycles. The highest BCUT2D eigenvalue weighted by Crippen LogP contribution is 2.19. The first-order valence-electron chi connectivity index (χ1n) is 9.73. The van der Waals surface area contributed by atoms with Crippen LogP contribution in [0.5, 0.6) is 0 Å². The Bertz CT molecular complexity index is 1030. The molecule has 2 N–H and O–H groups in total. The second-order valence-electron chi connectivity index (χ2n) is 6.89. The van der Waals surface area contributed by atoms with E-state index in [1.165, 1.54) is 11.8 Å². The Morgan fingerprint density at radius 2 is 1.77 bits per heavy atom. The van der Waals surface area contributed by atoms with Crippen LogP contribution >= 0.6 is 11.8 Å². The molecule has 3 rings (SSSR count). The number of anilines is 2. The fourth-order valence-electron chi connectivity index (χ4n) is 3.01. The topological polar surface area (TPSA) is 88.9 Å². The number of nitrogens with one attached hydrogen (secondary N) is 2. The van der Waals surface area contributed by atoms with E-state index in [2.05, 4.69) is 20.8 Å². The van der Waals surface area contributed by atoms with Gasteiger partial charge in [-0.3, -0.25) is 9.59 Å². The monoisotopic (exact) mass is 423 g/mol. The summed E-state index contributed by atoms with van der Waals surface area (Å²) in [7, 11) is 0. The number of hydrogen-bond donors (Lipinski definition) is 2. The van der Waals surface area contributed by atoms with E-state index in [1.54, 1.807) is 0 Å². The molecule has 1 heterocycles. The highest BCUT2D eigenvalue weighted by atomic mass is 32.2. The summed E-state index contributed by atoms with van der Waals surface area (Å²) in [5.74, 6) is 0.515. The van der Waals surface area contributed by atoms with Crippen LogP contribution in [0.15, 0.2) is 53.7 Å². The van der Waals surface area contributed by atoms with Crippen LogP contribution in [-0.2, 0) is 22.6 Å². The Balaban J connectivity index is 1.59. The lowest BCUT2D eigenvalue weighted by atomic mass is 10.1. The maximum Gasteiger partial charge on any atom is 0.234 e. The van der Waals surface area contributed by atoms with E-state index in [4.69, 9.17) is 0 Å². The van der Waals surface area contributed by atoms with Crippen molar-refractivity contribution in [1.29, 1.82) is 0 Å². The number of thioether (sulfide) groups is 1. The fraction of sp³-hybridized carbons (Fsp3) is 0.273. The van der Waals surface area contributed by atoms with Gasteiger partial charge in [-0.15, -0.1) is 10.2 Å². The molecule has 0 saturated carbocycles. The predicted molar refractivity (Wildman–Crippen MR) is 120 cm³/mol. The Labute approximate surface area is 180 Å². The first kappa shape index (κ1) is 21.6. The summed E-state index contributed by atoms with van der Waals surface area (Å²) < 4.78 is 1.86. The van der Waals surface area contributed by atoms with Crippen molar-refractivity contribution in [2.75, 3.05) is 16.4 Å². The lowest BCUT2D eigenvalue weighted by Crippen LogP contribution is -2.18. The smallest absolute Gasteiger partial charge is 0.234 e. The first-order valence-corrected chi connectivity index (χ1v) is 10.7. The number of aromatic nitrogens is 3. The van der Waals surface area contributed by atoms with Gasteiger partial charge in [-0.2, -0.15) is 0 Å².